The molecule has 0 radical (unpaired) electrons. The Morgan fingerprint density at radius 2 is 1.71 bits per heavy atom. The number of pyridine rings is 1. The number of aromatic nitrogens is 1. The summed E-state index contributed by atoms with van der Waals surface area (Å²) >= 11 is 0. The quantitative estimate of drug-likeness (QED) is 0.507. The average molecular weight is 467 g/mol. The van der Waals surface area contributed by atoms with E-state index in [4.69, 9.17) is 0 Å². The predicted molar refractivity (Wildman–Crippen MR) is 123 cm³/mol. The minimum absolute atomic E-state index is 0.0703. The summed E-state index contributed by atoms with van der Waals surface area (Å²) < 4.78 is 40.9. The summed E-state index contributed by atoms with van der Waals surface area (Å²) in [6, 6.07) is 15.6. The minimum atomic E-state index is -4.43. The molecule has 5 rings (SSSR count). The maximum atomic E-state index is 13.5. The van der Waals surface area contributed by atoms with E-state index in [1.54, 1.807) is 23.1 Å². The van der Waals surface area contributed by atoms with Crippen molar-refractivity contribution in [1.82, 2.24) is 9.47 Å². The van der Waals surface area contributed by atoms with E-state index in [0.717, 1.165) is 42.7 Å². The number of nitrogens with zero attached hydrogens (tertiary/aromatic N) is 2. The third-order valence-electron chi connectivity index (χ3n) is 6.97. The van der Waals surface area contributed by atoms with Crippen molar-refractivity contribution in [2.45, 2.75) is 44.9 Å². The molecule has 0 bridgehead atoms. The van der Waals surface area contributed by atoms with Crippen molar-refractivity contribution in [3.8, 4) is 11.1 Å². The van der Waals surface area contributed by atoms with Crippen molar-refractivity contribution in [2.75, 3.05) is 6.54 Å². The van der Waals surface area contributed by atoms with E-state index < -0.39 is 11.7 Å². The van der Waals surface area contributed by atoms with Gasteiger partial charge in [-0.15, -0.1) is 0 Å². The van der Waals surface area contributed by atoms with Gasteiger partial charge in [-0.05, 0) is 60.2 Å². The summed E-state index contributed by atoms with van der Waals surface area (Å²) in [6.45, 7) is 1.49. The molecule has 0 atom stereocenters. The number of hydrogen-bond donors (Lipinski definition) is 0. The van der Waals surface area contributed by atoms with Crippen LogP contribution in [0.3, 0.4) is 0 Å². The van der Waals surface area contributed by atoms with Gasteiger partial charge in [-0.1, -0.05) is 36.8 Å². The molecule has 0 spiro atoms. The van der Waals surface area contributed by atoms with Crippen LogP contribution in [0.15, 0.2) is 65.5 Å². The summed E-state index contributed by atoms with van der Waals surface area (Å²) in [5, 5.41) is 0. The van der Waals surface area contributed by atoms with Gasteiger partial charge in [0.25, 0.3) is 11.5 Å². The smallest absolute Gasteiger partial charge is 0.334 e. The van der Waals surface area contributed by atoms with Gasteiger partial charge in [-0.25, -0.2) is 0 Å². The molecule has 1 saturated carbocycles. The summed E-state index contributed by atoms with van der Waals surface area (Å²) in [5.74, 6) is 0.368. The maximum absolute atomic E-state index is 13.5. The first kappa shape index (κ1) is 22.4. The van der Waals surface area contributed by atoms with Crippen molar-refractivity contribution in [2.24, 2.45) is 5.92 Å². The highest BCUT2D eigenvalue weighted by Crippen LogP contribution is 2.33. The Labute approximate surface area is 195 Å². The average Bonchev–Trinajstić information content (AvgIpc) is 2.81. The van der Waals surface area contributed by atoms with Crippen LogP contribution in [0.2, 0.25) is 0 Å². The Morgan fingerprint density at radius 1 is 1.00 bits per heavy atom. The standard InChI is InChI=1S/C27H25F3N2O2/c28-27(29,30)22-11-9-19(10-12-22)23-15-21-17-31(25(33)20-7-2-1-3-8-20)14-13-24(21)32(26(23)34)16-18-5-4-6-18/h1-3,7-12,15,18H,4-6,13-14,16-17H2. The first-order valence-corrected chi connectivity index (χ1v) is 11.6. The zero-order valence-electron chi connectivity index (χ0n) is 18.6. The molecular weight excluding hydrogens is 441 g/mol. The Morgan fingerprint density at radius 3 is 2.32 bits per heavy atom. The number of hydrogen-bond acceptors (Lipinski definition) is 2. The van der Waals surface area contributed by atoms with Gasteiger partial charge in [0.1, 0.15) is 0 Å². The molecule has 2 aromatic carbocycles. The Hall–Kier alpha value is -3.35. The van der Waals surface area contributed by atoms with Crippen LogP contribution in [0.5, 0.6) is 0 Å². The molecular formula is C27H25F3N2O2. The Bertz CT molecular complexity index is 1260. The van der Waals surface area contributed by atoms with Crippen LogP contribution in [0.25, 0.3) is 11.1 Å². The molecule has 3 aromatic rings. The molecule has 1 aromatic heterocycles. The monoisotopic (exact) mass is 466 g/mol. The molecule has 7 heteroatoms. The molecule has 0 N–H and O–H groups in total. The molecule has 176 valence electrons. The predicted octanol–water partition coefficient (Wildman–Crippen LogP) is 5.53. The number of amides is 1. The van der Waals surface area contributed by atoms with E-state index in [2.05, 4.69) is 0 Å². The SMILES string of the molecule is O=C(c1ccccc1)N1CCc2c(cc(-c3ccc(C(F)(F)F)cc3)c(=O)n2CC2CCC2)C1. The molecule has 2 aliphatic rings. The molecule has 1 aliphatic carbocycles. The van der Waals surface area contributed by atoms with Crippen molar-refractivity contribution in [3.63, 3.8) is 0 Å². The van der Waals surface area contributed by atoms with Gasteiger partial charge in [0.15, 0.2) is 0 Å². The third kappa shape index (κ3) is 4.27. The fourth-order valence-corrected chi connectivity index (χ4v) is 4.83. The van der Waals surface area contributed by atoms with Crippen molar-refractivity contribution in [1.29, 1.82) is 0 Å². The van der Waals surface area contributed by atoms with Crippen LogP contribution >= 0.6 is 0 Å². The second-order valence-electron chi connectivity index (χ2n) is 9.16. The number of halogens is 3. The number of alkyl halides is 3. The number of fused-ring (bicyclic) bond motifs is 1. The van der Waals surface area contributed by atoms with E-state index in [0.29, 0.717) is 48.7 Å². The second kappa shape index (κ2) is 8.78. The molecule has 0 unspecified atom stereocenters. The summed E-state index contributed by atoms with van der Waals surface area (Å²) in [6.07, 6.45) is -0.561. The van der Waals surface area contributed by atoms with Crippen LogP contribution < -0.4 is 5.56 Å². The Kier molecular flexibility index (Phi) is 5.80. The summed E-state index contributed by atoms with van der Waals surface area (Å²) in [4.78, 5) is 28.3. The first-order chi connectivity index (χ1) is 16.3. The van der Waals surface area contributed by atoms with E-state index in [-0.39, 0.29) is 11.5 Å². The van der Waals surface area contributed by atoms with E-state index >= 15 is 0 Å². The van der Waals surface area contributed by atoms with Crippen LogP contribution in [0.4, 0.5) is 13.2 Å². The molecule has 1 amide bonds. The largest absolute Gasteiger partial charge is 0.416 e. The normalized spacial score (nSPS) is 16.1. The van der Waals surface area contributed by atoms with Crippen molar-refractivity contribution in [3.05, 3.63) is 93.4 Å². The minimum Gasteiger partial charge on any atom is -0.334 e. The highest BCUT2D eigenvalue weighted by Gasteiger charge is 2.31. The van der Waals surface area contributed by atoms with Crippen LogP contribution in [-0.4, -0.2) is 21.9 Å². The van der Waals surface area contributed by atoms with Gasteiger partial charge in [0.2, 0.25) is 0 Å². The third-order valence-corrected chi connectivity index (χ3v) is 6.97. The molecule has 1 aliphatic heterocycles. The molecule has 2 heterocycles. The zero-order valence-corrected chi connectivity index (χ0v) is 18.6. The van der Waals surface area contributed by atoms with E-state index in [1.807, 2.05) is 22.8 Å². The fourth-order valence-electron chi connectivity index (χ4n) is 4.83. The van der Waals surface area contributed by atoms with Crippen LogP contribution in [0.1, 0.15) is 46.4 Å². The molecule has 4 nitrogen and oxygen atoms in total. The maximum Gasteiger partial charge on any atom is 0.416 e. The number of carbonyl (C=O) groups excluding carboxylic acids is 1. The van der Waals surface area contributed by atoms with Gasteiger partial charge in [0.05, 0.1) is 5.56 Å². The van der Waals surface area contributed by atoms with Crippen molar-refractivity contribution < 1.29 is 18.0 Å². The van der Waals surface area contributed by atoms with Crippen LogP contribution in [0, 0.1) is 5.92 Å². The van der Waals surface area contributed by atoms with E-state index in [1.165, 1.54) is 12.1 Å². The van der Waals surface area contributed by atoms with Gasteiger partial charge in [-0.2, -0.15) is 13.2 Å². The lowest BCUT2D eigenvalue weighted by molar-refractivity contribution is -0.137. The lowest BCUT2D eigenvalue weighted by atomic mass is 9.85. The van der Waals surface area contributed by atoms with Crippen LogP contribution in [-0.2, 0) is 25.7 Å². The lowest BCUT2D eigenvalue weighted by Gasteiger charge is -2.33. The first-order valence-electron chi connectivity index (χ1n) is 11.6. The number of carbonyl (C=O) groups is 1. The van der Waals surface area contributed by atoms with Gasteiger partial charge in [-0.3, -0.25) is 9.59 Å². The molecule has 1 fully saturated rings. The summed E-state index contributed by atoms with van der Waals surface area (Å²) in [5.41, 5.74) is 2.33. The zero-order chi connectivity index (χ0) is 23.9. The highest BCUT2D eigenvalue weighted by atomic mass is 19.4. The van der Waals surface area contributed by atoms with Gasteiger partial charge >= 0.3 is 6.18 Å². The Balaban J connectivity index is 1.54. The highest BCUT2D eigenvalue weighted by molar-refractivity contribution is 5.94. The topological polar surface area (TPSA) is 42.3 Å². The summed E-state index contributed by atoms with van der Waals surface area (Å²) in [7, 11) is 0. The van der Waals surface area contributed by atoms with Crippen molar-refractivity contribution >= 4 is 5.91 Å². The van der Waals surface area contributed by atoms with Gasteiger partial charge in [0, 0.05) is 42.9 Å². The molecule has 0 saturated heterocycles. The number of rotatable bonds is 4. The number of benzene rings is 2. The molecule has 34 heavy (non-hydrogen) atoms. The van der Waals surface area contributed by atoms with Gasteiger partial charge < -0.3 is 9.47 Å². The second-order valence-corrected chi connectivity index (χ2v) is 9.16. The lowest BCUT2D eigenvalue weighted by Crippen LogP contribution is -2.40. The van der Waals surface area contributed by atoms with E-state index in [9.17, 15) is 22.8 Å². The fraction of sp³-hybridized carbons (Fsp3) is 0.333.